The molecular formula is C47H85N11O12S2. The number of unbranched alkanes of at least 4 members (excludes halogenated alkanes) is 4. The van der Waals surface area contributed by atoms with Crippen molar-refractivity contribution in [2.24, 2.45) is 0 Å². The van der Waals surface area contributed by atoms with Crippen LogP contribution in [0.5, 0.6) is 0 Å². The molecule has 0 spiro atoms. The number of carbonyl (C=O) groups excluding carboxylic acids is 2. The first kappa shape index (κ1) is 59.3. The fourth-order valence-electron chi connectivity index (χ4n) is 10.6. The van der Waals surface area contributed by atoms with Crippen LogP contribution in [0.2, 0.25) is 0 Å². The molecule has 72 heavy (non-hydrogen) atoms. The van der Waals surface area contributed by atoms with Gasteiger partial charge in [-0.05, 0) is 103 Å². The van der Waals surface area contributed by atoms with Crippen LogP contribution in [0.4, 0.5) is 9.59 Å². The van der Waals surface area contributed by atoms with Gasteiger partial charge in [0.05, 0.1) is 38.3 Å². The van der Waals surface area contributed by atoms with Crippen molar-refractivity contribution in [1.29, 1.82) is 0 Å². The van der Waals surface area contributed by atoms with E-state index in [0.717, 1.165) is 64.7 Å². The van der Waals surface area contributed by atoms with Crippen molar-refractivity contribution >= 4 is 32.9 Å². The first-order chi connectivity index (χ1) is 34.5. The number of amides is 4. The van der Waals surface area contributed by atoms with Crippen LogP contribution in [-0.4, -0.2) is 160 Å². The van der Waals surface area contributed by atoms with Crippen molar-refractivity contribution in [2.75, 3.05) is 65.4 Å². The molecular weight excluding hydrogens is 975 g/mol. The second-order valence-corrected chi connectivity index (χ2v) is 21.9. The molecule has 6 aliphatic rings. The second-order valence-electron chi connectivity index (χ2n) is 19.9. The van der Waals surface area contributed by atoms with Crippen LogP contribution in [0, 0.1) is 0 Å². The van der Waals surface area contributed by atoms with Crippen LogP contribution < -0.4 is 10.6 Å². The second kappa shape index (κ2) is 28.9. The summed E-state index contributed by atoms with van der Waals surface area (Å²) in [6.07, 6.45) is 20.6. The van der Waals surface area contributed by atoms with Crippen molar-refractivity contribution in [1.82, 2.24) is 50.8 Å². The molecule has 5 aliphatic heterocycles. The highest BCUT2D eigenvalue weighted by Gasteiger charge is 2.50. The minimum absolute atomic E-state index is 0.240. The van der Waals surface area contributed by atoms with Crippen LogP contribution in [0.25, 0.3) is 0 Å². The number of fused-ring (bicyclic) bond motifs is 4. The summed E-state index contributed by atoms with van der Waals surface area (Å²) in [4.78, 5) is 36.7. The van der Waals surface area contributed by atoms with E-state index in [4.69, 9.17) is 13.6 Å². The van der Waals surface area contributed by atoms with E-state index in [-0.39, 0.29) is 19.0 Å². The van der Waals surface area contributed by atoms with E-state index in [9.17, 15) is 31.0 Å². The van der Waals surface area contributed by atoms with Gasteiger partial charge in [-0.1, -0.05) is 96.8 Å². The van der Waals surface area contributed by atoms with E-state index >= 15 is 0 Å². The summed E-state index contributed by atoms with van der Waals surface area (Å²) in [6.45, 7) is 23.8. The molecule has 5 saturated heterocycles. The van der Waals surface area contributed by atoms with E-state index in [1.807, 2.05) is 0 Å². The molecule has 2 aromatic heterocycles. The van der Waals surface area contributed by atoms with Gasteiger partial charge in [-0.2, -0.15) is 32.8 Å². The normalized spacial score (nSPS) is 22.8. The number of hydroxylamine groups is 4. The zero-order chi connectivity index (χ0) is 52.3. The molecule has 4 atom stereocenters. The Labute approximate surface area is 428 Å². The lowest BCUT2D eigenvalue weighted by Gasteiger charge is -2.39. The number of rotatable bonds is 22. The third-order valence-corrected chi connectivity index (χ3v) is 15.3. The average Bonchev–Trinajstić information content (AvgIpc) is 4.17. The van der Waals surface area contributed by atoms with E-state index in [0.29, 0.717) is 65.2 Å². The monoisotopic (exact) mass is 1060 g/mol. The van der Waals surface area contributed by atoms with E-state index in [2.05, 4.69) is 81.0 Å². The quantitative estimate of drug-likeness (QED) is 0.0593. The van der Waals surface area contributed by atoms with Crippen LogP contribution in [-0.2, 0) is 29.4 Å². The maximum atomic E-state index is 12.4. The number of nitrogens with one attached hydrogen (secondary N) is 2. The van der Waals surface area contributed by atoms with Gasteiger partial charge in [-0.25, -0.2) is 18.0 Å². The predicted molar refractivity (Wildman–Crippen MR) is 266 cm³/mol. The molecule has 0 radical (unpaired) electrons. The third kappa shape index (κ3) is 17.2. The summed E-state index contributed by atoms with van der Waals surface area (Å²) < 4.78 is 84.1. The van der Waals surface area contributed by atoms with Crippen LogP contribution in [0.3, 0.4) is 0 Å². The number of urea groups is 2. The summed E-state index contributed by atoms with van der Waals surface area (Å²) in [6, 6.07) is -3.03. The Morgan fingerprint density at radius 2 is 1.06 bits per heavy atom. The Kier molecular flexibility index (Phi) is 23.8. The van der Waals surface area contributed by atoms with Crippen molar-refractivity contribution in [3.05, 3.63) is 23.4 Å². The molecule has 1 saturated carbocycles. The molecule has 412 valence electrons. The SMILES string of the molecule is CCCC[N+](CCCC)(CCCC)CCCC.CCNCC.O=C1N2C[C@@H](CC[C@H]2c2nc(C3CCCCC3)no2)N1OS(=O)(=O)[O-].O=C1N2C[C@@H](CC[C@H]2c2nc(C3CCNCC3)no2)N1OS(=O)(=O)O. The first-order valence-corrected chi connectivity index (χ1v) is 29.7. The lowest BCUT2D eigenvalue weighted by atomic mass is 9.89. The Balaban J connectivity index is 0.000000195. The van der Waals surface area contributed by atoms with Crippen LogP contribution >= 0.6 is 0 Å². The zero-order valence-electron chi connectivity index (χ0n) is 43.7. The molecule has 7 heterocycles. The maximum absolute atomic E-state index is 12.4. The van der Waals surface area contributed by atoms with E-state index in [1.165, 1.54) is 98.2 Å². The highest BCUT2D eigenvalue weighted by Crippen LogP contribution is 2.41. The standard InChI is InChI=1S/C16H36N.C14H20N4O6S.C13H19N5O6S.C4H11N/c1-5-9-13-17(14-10-6-2,15-11-7-3)16-12-8-4;19-14-17-8-10(18(14)24-25(20,21)22)6-7-11(17)13-15-12(16-23-13)9-4-2-1-3-5-9;19-13-17-7-9(18(13)24-25(20,21)22)1-2-10(17)12-15-11(16-23-12)8-3-5-14-6-4-8;1-3-5-4-2/h5-16H2,1-4H3;9-11H,1-8H2,(H,20,21,22);8-10,14H,1-7H2,(H,20,21,22);5H,3-4H2,1-2H3/q+1;;;/p-1/t;10-,11+;9-,10+;/m.11./s1. The molecule has 1 aliphatic carbocycles. The first-order valence-electron chi connectivity index (χ1n) is 27.0. The number of carbonyl (C=O) groups is 2. The van der Waals surface area contributed by atoms with Gasteiger partial charge in [-0.3, -0.25) is 4.55 Å². The van der Waals surface area contributed by atoms with Gasteiger partial charge in [0.1, 0.15) is 12.1 Å². The molecule has 0 aromatic carbocycles. The maximum Gasteiger partial charge on any atom is 0.418 e. The molecule has 3 N–H and O–H groups in total. The van der Waals surface area contributed by atoms with Gasteiger partial charge in [-0.15, -0.1) is 4.28 Å². The van der Waals surface area contributed by atoms with Gasteiger partial charge in [0.15, 0.2) is 11.6 Å². The number of nitrogens with zero attached hydrogens (tertiary/aromatic N) is 9. The Hall–Kier alpha value is -3.56. The molecule has 23 nitrogen and oxygen atoms in total. The Morgan fingerprint density at radius 1 is 0.639 bits per heavy atom. The molecule has 4 amide bonds. The summed E-state index contributed by atoms with van der Waals surface area (Å²) in [5.74, 6) is 2.58. The Bertz CT molecular complexity index is 1990. The fraction of sp³-hybridized carbons (Fsp3) is 0.872. The van der Waals surface area contributed by atoms with E-state index in [1.54, 1.807) is 0 Å². The van der Waals surface area contributed by atoms with Gasteiger partial charge in [0, 0.05) is 24.9 Å². The number of quaternary nitrogens is 1. The number of piperidine rings is 3. The summed E-state index contributed by atoms with van der Waals surface area (Å²) in [5.41, 5.74) is 0. The topological polar surface area (TPSA) is 279 Å². The predicted octanol–water partition coefficient (Wildman–Crippen LogP) is 7.28. The number of hydrogen-bond donors (Lipinski definition) is 3. The largest absolute Gasteiger partial charge is 0.724 e. The Morgan fingerprint density at radius 3 is 1.43 bits per heavy atom. The minimum atomic E-state index is -4.99. The van der Waals surface area contributed by atoms with Crippen LogP contribution in [0.1, 0.15) is 211 Å². The van der Waals surface area contributed by atoms with E-state index < -0.39 is 57.0 Å². The lowest BCUT2D eigenvalue weighted by Crippen LogP contribution is -2.50. The van der Waals surface area contributed by atoms with Crippen molar-refractivity contribution < 1.29 is 57.6 Å². The van der Waals surface area contributed by atoms with Crippen molar-refractivity contribution in [3.63, 3.8) is 0 Å². The molecule has 0 unspecified atom stereocenters. The molecule has 2 aromatic rings. The summed E-state index contributed by atoms with van der Waals surface area (Å²) in [7, 11) is -9.75. The molecule has 8 rings (SSSR count). The van der Waals surface area contributed by atoms with Crippen molar-refractivity contribution in [3.8, 4) is 0 Å². The number of aromatic nitrogens is 4. The third-order valence-electron chi connectivity index (χ3n) is 14.6. The lowest BCUT2D eigenvalue weighted by molar-refractivity contribution is -0.929. The van der Waals surface area contributed by atoms with Gasteiger partial charge < -0.3 is 38.5 Å². The molecule has 6 fully saturated rings. The fourth-order valence-corrected chi connectivity index (χ4v) is 11.4. The van der Waals surface area contributed by atoms with Crippen molar-refractivity contribution in [2.45, 2.75) is 200 Å². The highest BCUT2D eigenvalue weighted by atomic mass is 32.3. The molecule has 25 heteroatoms. The smallest absolute Gasteiger partial charge is 0.418 e. The summed E-state index contributed by atoms with van der Waals surface area (Å²) in [5, 5.41) is 15.9. The zero-order valence-corrected chi connectivity index (χ0v) is 45.4. The van der Waals surface area contributed by atoms with Crippen LogP contribution in [0.15, 0.2) is 9.05 Å². The summed E-state index contributed by atoms with van der Waals surface area (Å²) >= 11 is 0. The average molecular weight is 1060 g/mol. The van der Waals surface area contributed by atoms with Gasteiger partial charge >= 0.3 is 22.5 Å². The van der Waals surface area contributed by atoms with Gasteiger partial charge in [0.25, 0.3) is 0 Å². The number of hydrogen-bond acceptors (Lipinski definition) is 17. The molecule has 4 bridgehead atoms. The highest BCUT2D eigenvalue weighted by molar-refractivity contribution is 7.81. The van der Waals surface area contributed by atoms with Gasteiger partial charge in [0.2, 0.25) is 22.2 Å². The minimum Gasteiger partial charge on any atom is -0.724 e.